The van der Waals surface area contributed by atoms with Crippen LogP contribution in [-0.2, 0) is 22.5 Å². The molecule has 1 fully saturated rings. The third-order valence-electron chi connectivity index (χ3n) is 4.72. The Morgan fingerprint density at radius 2 is 2.00 bits per heavy atom. The van der Waals surface area contributed by atoms with Gasteiger partial charge in [-0.1, -0.05) is 35.9 Å². The molecule has 2 aromatic carbocycles. The van der Waals surface area contributed by atoms with E-state index >= 15 is 0 Å². The largest absolute Gasteiger partial charge is 0.368 e. The molecule has 0 aromatic heterocycles. The second-order valence-electron chi connectivity index (χ2n) is 6.92. The molecule has 6 nitrogen and oxygen atoms in total. The first kappa shape index (κ1) is 21.1. The number of nitrogens with zero attached hydrogens (tertiary/aromatic N) is 1. The van der Waals surface area contributed by atoms with E-state index in [2.05, 4.69) is 20.9 Å². The van der Waals surface area contributed by atoms with Crippen LogP contribution < -0.4 is 16.0 Å². The fraction of sp³-hybridized carbons (Fsp3) is 0.364. The second-order valence-corrected chi connectivity index (χ2v) is 7.36. The van der Waals surface area contributed by atoms with Crippen LogP contribution in [0.1, 0.15) is 24.0 Å². The van der Waals surface area contributed by atoms with Gasteiger partial charge in [-0.25, -0.2) is 0 Å². The van der Waals surface area contributed by atoms with Crippen molar-refractivity contribution >= 4 is 29.2 Å². The lowest BCUT2D eigenvalue weighted by Gasteiger charge is -2.14. The molecule has 1 aliphatic heterocycles. The number of guanidine groups is 1. The van der Waals surface area contributed by atoms with Crippen LogP contribution in [-0.4, -0.2) is 38.2 Å². The standard InChI is InChI=1S/C22H27ClN4O2/c1-24-22(25-12-11-16-7-9-18(23)10-8-16)26-15-17-4-2-5-19(14-17)27-21(28)20-6-3-13-29-20/h2,4-5,7-10,14,20H,3,6,11-13,15H2,1H3,(H,27,28)(H2,24,25,26). The minimum absolute atomic E-state index is 0.0766. The minimum atomic E-state index is -0.333. The van der Waals surface area contributed by atoms with Gasteiger partial charge in [0.05, 0.1) is 0 Å². The molecular formula is C22H27ClN4O2. The summed E-state index contributed by atoms with van der Waals surface area (Å²) < 4.78 is 5.43. The van der Waals surface area contributed by atoms with Crippen molar-refractivity contribution in [1.82, 2.24) is 10.6 Å². The smallest absolute Gasteiger partial charge is 0.253 e. The van der Waals surface area contributed by atoms with Crippen LogP contribution in [0.25, 0.3) is 0 Å². The zero-order valence-corrected chi connectivity index (χ0v) is 17.3. The van der Waals surface area contributed by atoms with Crippen LogP contribution in [0.3, 0.4) is 0 Å². The average Bonchev–Trinajstić information content (AvgIpc) is 3.27. The molecular weight excluding hydrogens is 388 g/mol. The number of ether oxygens (including phenoxy) is 1. The fourth-order valence-corrected chi connectivity index (χ4v) is 3.27. The molecule has 1 amide bonds. The number of hydrogen-bond acceptors (Lipinski definition) is 3. The molecule has 1 atom stereocenters. The van der Waals surface area contributed by atoms with E-state index < -0.39 is 0 Å². The van der Waals surface area contributed by atoms with Crippen molar-refractivity contribution in [3.63, 3.8) is 0 Å². The van der Waals surface area contributed by atoms with Crippen LogP contribution >= 0.6 is 11.6 Å². The Balaban J connectivity index is 1.45. The van der Waals surface area contributed by atoms with E-state index in [-0.39, 0.29) is 12.0 Å². The zero-order valence-electron chi connectivity index (χ0n) is 16.6. The van der Waals surface area contributed by atoms with Crippen LogP contribution in [0.2, 0.25) is 5.02 Å². The lowest BCUT2D eigenvalue weighted by atomic mass is 10.1. The van der Waals surface area contributed by atoms with Gasteiger partial charge in [0.25, 0.3) is 5.91 Å². The van der Waals surface area contributed by atoms with Gasteiger partial charge in [-0.2, -0.15) is 0 Å². The Morgan fingerprint density at radius 3 is 2.72 bits per heavy atom. The van der Waals surface area contributed by atoms with Gasteiger partial charge in [0.15, 0.2) is 5.96 Å². The maximum absolute atomic E-state index is 12.2. The lowest BCUT2D eigenvalue weighted by molar-refractivity contribution is -0.124. The number of benzene rings is 2. The molecule has 7 heteroatoms. The highest BCUT2D eigenvalue weighted by atomic mass is 35.5. The van der Waals surface area contributed by atoms with Gasteiger partial charge < -0.3 is 20.7 Å². The third-order valence-corrected chi connectivity index (χ3v) is 4.97. The number of rotatable bonds is 7. The number of halogens is 1. The third kappa shape index (κ3) is 6.76. The summed E-state index contributed by atoms with van der Waals surface area (Å²) in [4.78, 5) is 16.5. The predicted octanol–water partition coefficient (Wildman–Crippen LogP) is 3.37. The first-order chi connectivity index (χ1) is 14.1. The van der Waals surface area contributed by atoms with Gasteiger partial charge in [0, 0.05) is 37.5 Å². The quantitative estimate of drug-likeness (QED) is 0.479. The first-order valence-electron chi connectivity index (χ1n) is 9.84. The number of amides is 1. The topological polar surface area (TPSA) is 74.8 Å². The van der Waals surface area contributed by atoms with Crippen LogP contribution in [0.4, 0.5) is 5.69 Å². The Hall–Kier alpha value is -2.57. The second kappa shape index (κ2) is 10.8. The van der Waals surface area contributed by atoms with Crippen molar-refractivity contribution in [3.05, 3.63) is 64.7 Å². The summed E-state index contributed by atoms with van der Waals surface area (Å²) in [6, 6.07) is 15.6. The Morgan fingerprint density at radius 1 is 1.17 bits per heavy atom. The molecule has 3 N–H and O–H groups in total. The highest BCUT2D eigenvalue weighted by Crippen LogP contribution is 2.16. The van der Waals surface area contributed by atoms with Crippen LogP contribution in [0, 0.1) is 0 Å². The summed E-state index contributed by atoms with van der Waals surface area (Å²) in [5.41, 5.74) is 3.04. The lowest BCUT2D eigenvalue weighted by Crippen LogP contribution is -2.37. The number of aliphatic imine (C=N–C) groups is 1. The molecule has 29 heavy (non-hydrogen) atoms. The number of carbonyl (C=O) groups is 1. The van der Waals surface area contributed by atoms with E-state index in [4.69, 9.17) is 16.3 Å². The molecule has 0 aliphatic carbocycles. The van der Waals surface area contributed by atoms with E-state index in [9.17, 15) is 4.79 Å². The summed E-state index contributed by atoms with van der Waals surface area (Å²) in [5, 5.41) is 10.3. The number of anilines is 1. The molecule has 0 saturated carbocycles. The monoisotopic (exact) mass is 414 g/mol. The summed E-state index contributed by atoms with van der Waals surface area (Å²) in [5.74, 6) is 0.653. The maximum Gasteiger partial charge on any atom is 0.253 e. The van der Waals surface area contributed by atoms with Crippen molar-refractivity contribution in [2.75, 3.05) is 25.5 Å². The molecule has 1 aliphatic rings. The van der Waals surface area contributed by atoms with Crippen molar-refractivity contribution in [3.8, 4) is 0 Å². The molecule has 1 saturated heterocycles. The van der Waals surface area contributed by atoms with E-state index in [0.717, 1.165) is 48.0 Å². The zero-order chi connectivity index (χ0) is 20.5. The van der Waals surface area contributed by atoms with E-state index in [1.807, 2.05) is 48.5 Å². The fourth-order valence-electron chi connectivity index (χ4n) is 3.15. The normalized spacial score (nSPS) is 16.5. The maximum atomic E-state index is 12.2. The summed E-state index contributed by atoms with van der Waals surface area (Å²) >= 11 is 5.92. The molecule has 3 rings (SSSR count). The van der Waals surface area contributed by atoms with Crippen molar-refractivity contribution < 1.29 is 9.53 Å². The first-order valence-corrected chi connectivity index (χ1v) is 10.2. The molecule has 154 valence electrons. The van der Waals surface area contributed by atoms with E-state index in [1.54, 1.807) is 7.05 Å². The number of hydrogen-bond donors (Lipinski definition) is 3. The van der Waals surface area contributed by atoms with E-state index in [1.165, 1.54) is 5.56 Å². The highest BCUT2D eigenvalue weighted by Gasteiger charge is 2.23. The molecule has 1 unspecified atom stereocenters. The van der Waals surface area contributed by atoms with Crippen molar-refractivity contribution in [1.29, 1.82) is 0 Å². The van der Waals surface area contributed by atoms with Gasteiger partial charge in [-0.3, -0.25) is 9.79 Å². The molecule has 0 bridgehead atoms. The van der Waals surface area contributed by atoms with Gasteiger partial charge in [0.1, 0.15) is 6.10 Å². The van der Waals surface area contributed by atoms with Gasteiger partial charge in [-0.15, -0.1) is 0 Å². The predicted molar refractivity (Wildman–Crippen MR) is 117 cm³/mol. The molecule has 2 aromatic rings. The molecule has 1 heterocycles. The molecule has 0 radical (unpaired) electrons. The summed E-state index contributed by atoms with van der Waals surface area (Å²) in [7, 11) is 1.75. The average molecular weight is 415 g/mol. The van der Waals surface area contributed by atoms with Gasteiger partial charge in [-0.05, 0) is 54.7 Å². The minimum Gasteiger partial charge on any atom is -0.368 e. The van der Waals surface area contributed by atoms with E-state index in [0.29, 0.717) is 13.2 Å². The van der Waals surface area contributed by atoms with Crippen LogP contribution in [0.5, 0.6) is 0 Å². The van der Waals surface area contributed by atoms with Gasteiger partial charge in [0.2, 0.25) is 0 Å². The summed E-state index contributed by atoms with van der Waals surface area (Å²) in [6.45, 7) is 2.02. The van der Waals surface area contributed by atoms with Crippen molar-refractivity contribution in [2.24, 2.45) is 4.99 Å². The SMILES string of the molecule is CN=C(NCCc1ccc(Cl)cc1)NCc1cccc(NC(=O)C2CCCO2)c1. The number of carbonyl (C=O) groups excluding carboxylic acids is 1. The van der Waals surface area contributed by atoms with Crippen LogP contribution in [0.15, 0.2) is 53.5 Å². The number of nitrogens with one attached hydrogen (secondary N) is 3. The Kier molecular flexibility index (Phi) is 7.90. The molecule has 0 spiro atoms. The summed E-state index contributed by atoms with van der Waals surface area (Å²) in [6.07, 6.45) is 2.26. The van der Waals surface area contributed by atoms with Gasteiger partial charge >= 0.3 is 0 Å². The van der Waals surface area contributed by atoms with Crippen molar-refractivity contribution in [2.45, 2.75) is 31.9 Å². The highest BCUT2D eigenvalue weighted by molar-refractivity contribution is 6.30. The Bertz CT molecular complexity index is 833. The Labute approximate surface area is 176 Å².